The molecule has 0 spiro atoms. The number of fused-ring (bicyclic) bond motifs is 10. The smallest absolute Gasteiger partial charge is 0.0465 e. The van der Waals surface area contributed by atoms with Gasteiger partial charge in [-0.1, -0.05) is 319 Å². The van der Waals surface area contributed by atoms with Crippen molar-refractivity contribution in [3.05, 3.63) is 396 Å². The van der Waals surface area contributed by atoms with Crippen LogP contribution in [-0.4, -0.2) is 0 Å². The summed E-state index contributed by atoms with van der Waals surface area (Å²) in [7, 11) is 0. The first kappa shape index (κ1) is 61.2. The summed E-state index contributed by atoms with van der Waals surface area (Å²) in [6, 6.07) is 128. The highest BCUT2D eigenvalue weighted by Gasteiger charge is 2.38. The van der Waals surface area contributed by atoms with Gasteiger partial charge in [-0.15, -0.1) is 0 Å². The van der Waals surface area contributed by atoms with E-state index in [9.17, 15) is 0 Å². The average molecular weight is 1280 g/mol. The lowest BCUT2D eigenvalue weighted by Crippen LogP contribution is -2.16. The highest BCUT2D eigenvalue weighted by Crippen LogP contribution is 2.53. The first-order valence-electron chi connectivity index (χ1n) is 34.9. The van der Waals surface area contributed by atoms with Crippen LogP contribution in [0, 0.1) is 0 Å². The zero-order valence-corrected chi connectivity index (χ0v) is 56.7. The van der Waals surface area contributed by atoms with Crippen molar-refractivity contribution in [1.29, 1.82) is 0 Å². The normalized spacial score (nSPS) is 13.1. The van der Waals surface area contributed by atoms with E-state index in [0.29, 0.717) is 0 Å². The second kappa shape index (κ2) is 25.6. The largest absolute Gasteiger partial charge is 0.310 e. The Balaban J connectivity index is 0.000000183. The third-order valence-corrected chi connectivity index (χ3v) is 20.8. The van der Waals surface area contributed by atoms with Crippen LogP contribution < -0.4 is 9.80 Å². The molecule has 2 aliphatic rings. The molecule has 2 aliphatic carbocycles. The minimum Gasteiger partial charge on any atom is -0.310 e. The Kier molecular flexibility index (Phi) is 15.7. The standard InChI is InChI=1S/C64H52N2.C34H22/c1-63(2)59-41-47(33-37-55(59)57-39-35-53(43-61(57)63)65(49-17-9-5-10-18-49)50-19-11-6-12-20-50)31-29-45-25-27-46(28-26-45)30-32-48-34-38-56-58-40-36-54(44-62(58)64(3,4)60(56)42-48)66(51-21-13-7-14-22-51)52-23-15-8-16-24-52;1-3-11-25-21-27(19-17-23(25)9-1)33-29-13-5-7-15-31(29)34(32-16-8-6-14-30(32)33)28-20-18-24-10-2-4-12-26(24)22-28/h5-44H,1-4H3;1-22H/b31-29+,32-30+;. The molecular formula is C98H74N2. The van der Waals surface area contributed by atoms with E-state index in [-0.39, 0.29) is 10.8 Å². The SMILES string of the molecule is CC1(C)c2cc(/C=C/c3ccc(/C=C/c4ccc5c(c4)C(C)(C)c4cc(N(c6ccccc6)c6ccccc6)ccc4-5)cc3)ccc2-c2ccc(N(c3ccccc3)c3ccccc3)cc21.c1ccc2cc(-c3c4ccccc4c(-c4ccc5ccccc5c4)c4ccccc34)ccc2c1. The molecule has 0 saturated heterocycles. The molecule has 0 bridgehead atoms. The highest BCUT2D eigenvalue weighted by atomic mass is 15.1. The van der Waals surface area contributed by atoms with Crippen LogP contribution in [0.2, 0.25) is 0 Å². The monoisotopic (exact) mass is 1280 g/mol. The van der Waals surface area contributed by atoms with E-state index in [2.05, 4.69) is 414 Å². The Morgan fingerprint density at radius 3 is 0.820 bits per heavy atom. The summed E-state index contributed by atoms with van der Waals surface area (Å²) in [5, 5.41) is 10.2. The van der Waals surface area contributed by atoms with E-state index in [1.54, 1.807) is 0 Å². The van der Waals surface area contributed by atoms with Crippen LogP contribution in [0.3, 0.4) is 0 Å². The molecule has 100 heavy (non-hydrogen) atoms. The Morgan fingerprint density at radius 2 is 0.480 bits per heavy atom. The van der Waals surface area contributed by atoms with Crippen molar-refractivity contribution in [2.45, 2.75) is 38.5 Å². The minimum atomic E-state index is -0.146. The van der Waals surface area contributed by atoms with Gasteiger partial charge in [0.1, 0.15) is 0 Å². The molecule has 0 heterocycles. The summed E-state index contributed by atoms with van der Waals surface area (Å²) in [5.74, 6) is 0. The van der Waals surface area contributed by atoms with Crippen LogP contribution in [0.5, 0.6) is 0 Å². The second-order valence-corrected chi connectivity index (χ2v) is 27.6. The average Bonchev–Trinajstić information content (AvgIpc) is 1.29. The number of nitrogens with zero attached hydrogens (tertiary/aromatic N) is 2. The lowest BCUT2D eigenvalue weighted by molar-refractivity contribution is 0.660. The van der Waals surface area contributed by atoms with E-state index >= 15 is 0 Å². The first-order chi connectivity index (χ1) is 49.1. The van der Waals surface area contributed by atoms with Gasteiger partial charge in [-0.2, -0.15) is 0 Å². The number of para-hydroxylation sites is 4. The van der Waals surface area contributed by atoms with E-state index in [0.717, 1.165) is 34.1 Å². The van der Waals surface area contributed by atoms with Gasteiger partial charge in [0.25, 0.3) is 0 Å². The van der Waals surface area contributed by atoms with Gasteiger partial charge in [-0.05, 0) is 217 Å². The number of hydrogen-bond donors (Lipinski definition) is 0. The summed E-state index contributed by atoms with van der Waals surface area (Å²) in [4.78, 5) is 4.70. The van der Waals surface area contributed by atoms with Crippen LogP contribution in [0.15, 0.2) is 352 Å². The first-order valence-corrected chi connectivity index (χ1v) is 34.9. The molecule has 0 aliphatic heterocycles. The molecule has 16 aromatic rings. The van der Waals surface area contributed by atoms with Crippen molar-refractivity contribution < 1.29 is 0 Å². The quantitative estimate of drug-likeness (QED) is 0.0889. The third kappa shape index (κ3) is 11.2. The number of benzene rings is 16. The topological polar surface area (TPSA) is 6.48 Å². The van der Waals surface area contributed by atoms with E-state index in [4.69, 9.17) is 0 Å². The molecule has 0 atom stereocenters. The van der Waals surface area contributed by atoms with Gasteiger partial charge in [-0.25, -0.2) is 0 Å². The summed E-state index contributed by atoms with van der Waals surface area (Å²) in [6.07, 6.45) is 8.95. The predicted octanol–water partition coefficient (Wildman–Crippen LogP) is 27.2. The Labute approximate surface area is 587 Å². The van der Waals surface area contributed by atoms with Gasteiger partial charge in [0.05, 0.1) is 0 Å². The van der Waals surface area contributed by atoms with Crippen LogP contribution in [-0.2, 0) is 10.8 Å². The van der Waals surface area contributed by atoms with Crippen molar-refractivity contribution in [2.24, 2.45) is 0 Å². The minimum absolute atomic E-state index is 0.146. The Morgan fingerprint density at radius 1 is 0.210 bits per heavy atom. The van der Waals surface area contributed by atoms with E-state index in [1.165, 1.54) is 132 Å². The molecule has 0 N–H and O–H groups in total. The fourth-order valence-corrected chi connectivity index (χ4v) is 15.7. The fourth-order valence-electron chi connectivity index (χ4n) is 15.7. The number of anilines is 6. The van der Waals surface area contributed by atoms with Gasteiger partial charge in [0.2, 0.25) is 0 Å². The molecule has 0 radical (unpaired) electrons. The lowest BCUT2D eigenvalue weighted by Gasteiger charge is -2.28. The Bertz CT molecular complexity index is 5330. The summed E-state index contributed by atoms with van der Waals surface area (Å²) >= 11 is 0. The van der Waals surface area contributed by atoms with Crippen molar-refractivity contribution >= 4 is 102 Å². The lowest BCUT2D eigenvalue weighted by atomic mass is 9.81. The van der Waals surface area contributed by atoms with Crippen molar-refractivity contribution in [3.8, 4) is 44.5 Å². The third-order valence-electron chi connectivity index (χ3n) is 20.8. The van der Waals surface area contributed by atoms with Crippen molar-refractivity contribution in [1.82, 2.24) is 0 Å². The molecular weight excluding hydrogens is 1210 g/mol. The molecule has 2 heteroatoms. The highest BCUT2D eigenvalue weighted by molar-refractivity contribution is 6.22. The number of hydrogen-bond acceptors (Lipinski definition) is 2. The van der Waals surface area contributed by atoms with E-state index < -0.39 is 0 Å². The fraction of sp³-hybridized carbons (Fsp3) is 0.0612. The predicted molar refractivity (Wildman–Crippen MR) is 429 cm³/mol. The molecule has 0 fully saturated rings. The maximum absolute atomic E-state index is 2.40. The van der Waals surface area contributed by atoms with Gasteiger partial charge >= 0.3 is 0 Å². The van der Waals surface area contributed by atoms with Gasteiger partial charge in [0.15, 0.2) is 0 Å². The van der Waals surface area contributed by atoms with Crippen LogP contribution in [0.1, 0.15) is 72.2 Å². The maximum atomic E-state index is 2.40. The maximum Gasteiger partial charge on any atom is 0.0465 e. The molecule has 0 unspecified atom stereocenters. The summed E-state index contributed by atoms with van der Waals surface area (Å²) in [6.45, 7) is 9.45. The molecule has 2 nitrogen and oxygen atoms in total. The van der Waals surface area contributed by atoms with E-state index in [1.807, 2.05) is 0 Å². The Hall–Kier alpha value is -12.4. The van der Waals surface area contributed by atoms with Crippen LogP contribution in [0.4, 0.5) is 34.1 Å². The van der Waals surface area contributed by atoms with Crippen LogP contribution in [0.25, 0.3) is 112 Å². The molecule has 16 aromatic carbocycles. The van der Waals surface area contributed by atoms with Gasteiger partial charge < -0.3 is 9.80 Å². The molecule has 0 amide bonds. The molecule has 0 saturated carbocycles. The van der Waals surface area contributed by atoms with Crippen LogP contribution >= 0.6 is 0 Å². The molecule has 18 rings (SSSR count). The summed E-state index contributed by atoms with van der Waals surface area (Å²) in [5.41, 5.74) is 27.2. The van der Waals surface area contributed by atoms with Gasteiger partial charge in [-0.3, -0.25) is 0 Å². The van der Waals surface area contributed by atoms with Crippen molar-refractivity contribution in [2.75, 3.05) is 9.80 Å². The zero-order valence-electron chi connectivity index (χ0n) is 56.7. The molecule has 476 valence electrons. The second-order valence-electron chi connectivity index (χ2n) is 27.6. The van der Waals surface area contributed by atoms with Gasteiger partial charge in [0, 0.05) is 45.0 Å². The number of rotatable bonds is 12. The summed E-state index contributed by atoms with van der Waals surface area (Å²) < 4.78 is 0. The molecule has 0 aromatic heterocycles. The zero-order chi connectivity index (χ0) is 67.3. The van der Waals surface area contributed by atoms with Crippen molar-refractivity contribution in [3.63, 3.8) is 0 Å².